The van der Waals surface area contributed by atoms with Crippen molar-refractivity contribution in [1.82, 2.24) is 9.88 Å². The zero-order valence-electron chi connectivity index (χ0n) is 12.6. The molecule has 0 unspecified atom stereocenters. The van der Waals surface area contributed by atoms with Gasteiger partial charge in [-0.05, 0) is 39.0 Å². The van der Waals surface area contributed by atoms with Crippen LogP contribution in [0.3, 0.4) is 0 Å². The Morgan fingerprint density at radius 1 is 1.43 bits per heavy atom. The van der Waals surface area contributed by atoms with E-state index in [9.17, 15) is 4.79 Å². The van der Waals surface area contributed by atoms with Crippen LogP contribution in [0.4, 0.5) is 4.79 Å². The summed E-state index contributed by atoms with van der Waals surface area (Å²) in [6.07, 6.45) is 0.429. The molecule has 0 bridgehead atoms. The second kappa shape index (κ2) is 6.32. The number of thiazole rings is 1. The first kappa shape index (κ1) is 16.2. The highest BCUT2D eigenvalue weighted by atomic mass is 79.9. The Kier molecular flexibility index (Phi) is 4.88. The van der Waals surface area contributed by atoms with Crippen LogP contribution in [-0.2, 0) is 11.2 Å². The highest BCUT2D eigenvalue weighted by Gasteiger charge is 2.19. The predicted octanol–water partition coefficient (Wildman–Crippen LogP) is 4.47. The van der Waals surface area contributed by atoms with Gasteiger partial charge in [0, 0.05) is 24.5 Å². The zero-order valence-corrected chi connectivity index (χ0v) is 15.0. The molecule has 21 heavy (non-hydrogen) atoms. The van der Waals surface area contributed by atoms with E-state index in [-0.39, 0.29) is 6.09 Å². The van der Waals surface area contributed by atoms with E-state index >= 15 is 0 Å². The van der Waals surface area contributed by atoms with Crippen molar-refractivity contribution in [2.24, 2.45) is 0 Å². The van der Waals surface area contributed by atoms with Crippen LogP contribution in [0.2, 0.25) is 0 Å². The van der Waals surface area contributed by atoms with Gasteiger partial charge in [0.1, 0.15) is 5.60 Å². The molecule has 0 aliphatic heterocycles. The molecule has 2 rings (SSSR count). The summed E-state index contributed by atoms with van der Waals surface area (Å²) in [6.45, 7) is 6.19. The smallest absolute Gasteiger partial charge is 0.410 e. The zero-order chi connectivity index (χ0) is 15.6. The number of benzene rings is 1. The molecule has 2 aromatic rings. The van der Waals surface area contributed by atoms with Crippen LogP contribution >= 0.6 is 27.3 Å². The molecule has 0 atom stereocenters. The van der Waals surface area contributed by atoms with Crippen LogP contribution in [0.1, 0.15) is 25.8 Å². The number of carbonyl (C=O) groups is 1. The van der Waals surface area contributed by atoms with Gasteiger partial charge in [-0.3, -0.25) is 0 Å². The molecule has 0 fully saturated rings. The number of nitrogens with zero attached hydrogens (tertiary/aromatic N) is 2. The van der Waals surface area contributed by atoms with Crippen molar-refractivity contribution in [3.63, 3.8) is 0 Å². The number of aromatic nitrogens is 1. The number of halogens is 1. The third kappa shape index (κ3) is 4.68. The number of likely N-dealkylation sites (N-methyl/N-ethyl adjacent to an activating group) is 1. The fraction of sp³-hybridized carbons (Fsp3) is 0.467. The average Bonchev–Trinajstić information content (AvgIpc) is 2.75. The lowest BCUT2D eigenvalue weighted by Crippen LogP contribution is -2.35. The highest BCUT2D eigenvalue weighted by Crippen LogP contribution is 2.25. The molecule has 0 radical (unpaired) electrons. The van der Waals surface area contributed by atoms with Gasteiger partial charge in [-0.1, -0.05) is 15.9 Å². The largest absolute Gasteiger partial charge is 0.444 e. The van der Waals surface area contributed by atoms with Crippen LogP contribution in [0, 0.1) is 0 Å². The number of fused-ring (bicyclic) bond motifs is 1. The fourth-order valence-corrected chi connectivity index (χ4v) is 3.04. The third-order valence-electron chi connectivity index (χ3n) is 2.76. The minimum atomic E-state index is -0.465. The molecule has 1 aromatic heterocycles. The minimum Gasteiger partial charge on any atom is -0.444 e. The Balaban J connectivity index is 1.96. The Labute approximate surface area is 137 Å². The first-order chi connectivity index (χ1) is 9.74. The number of amides is 1. The maximum atomic E-state index is 11.9. The van der Waals surface area contributed by atoms with Gasteiger partial charge in [-0.2, -0.15) is 0 Å². The van der Waals surface area contributed by atoms with E-state index in [1.807, 2.05) is 32.9 Å². The van der Waals surface area contributed by atoms with Gasteiger partial charge in [0.05, 0.1) is 15.2 Å². The van der Waals surface area contributed by atoms with Crippen LogP contribution < -0.4 is 0 Å². The van der Waals surface area contributed by atoms with Gasteiger partial charge in [-0.25, -0.2) is 9.78 Å². The van der Waals surface area contributed by atoms with Gasteiger partial charge < -0.3 is 9.64 Å². The Hall–Kier alpha value is -1.14. The summed E-state index contributed by atoms with van der Waals surface area (Å²) in [6, 6.07) is 6.07. The van der Waals surface area contributed by atoms with Crippen molar-refractivity contribution in [3.05, 3.63) is 27.7 Å². The van der Waals surface area contributed by atoms with E-state index in [0.717, 1.165) is 26.1 Å². The van der Waals surface area contributed by atoms with E-state index in [1.54, 1.807) is 23.3 Å². The number of ether oxygens (including phenoxy) is 1. The molecule has 1 heterocycles. The number of rotatable bonds is 3. The van der Waals surface area contributed by atoms with Crippen LogP contribution in [0.5, 0.6) is 0 Å². The SMILES string of the molecule is CN(CCc1nc2cc(Br)ccc2s1)C(=O)OC(C)(C)C. The van der Waals surface area contributed by atoms with Gasteiger partial charge in [0.2, 0.25) is 0 Å². The normalized spacial score (nSPS) is 11.7. The van der Waals surface area contributed by atoms with Crippen molar-refractivity contribution in [2.75, 3.05) is 13.6 Å². The Morgan fingerprint density at radius 2 is 2.14 bits per heavy atom. The number of hydrogen-bond donors (Lipinski definition) is 0. The lowest BCUT2D eigenvalue weighted by Gasteiger charge is -2.24. The van der Waals surface area contributed by atoms with Gasteiger partial charge in [-0.15, -0.1) is 11.3 Å². The molecule has 0 saturated heterocycles. The highest BCUT2D eigenvalue weighted by molar-refractivity contribution is 9.10. The molecule has 0 saturated carbocycles. The summed E-state index contributed by atoms with van der Waals surface area (Å²) in [7, 11) is 1.75. The molecule has 0 spiro atoms. The van der Waals surface area contributed by atoms with Crippen molar-refractivity contribution in [1.29, 1.82) is 0 Å². The predicted molar refractivity (Wildman–Crippen MR) is 89.9 cm³/mol. The quantitative estimate of drug-likeness (QED) is 0.800. The summed E-state index contributed by atoms with van der Waals surface area (Å²) in [5, 5.41) is 1.03. The summed E-state index contributed by atoms with van der Waals surface area (Å²) in [4.78, 5) is 18.1. The summed E-state index contributed by atoms with van der Waals surface area (Å²) in [5.74, 6) is 0. The molecular formula is C15H19BrN2O2S. The Bertz CT molecular complexity index is 649. The number of hydrogen-bond acceptors (Lipinski definition) is 4. The standard InChI is InChI=1S/C15H19BrN2O2S/c1-15(2,3)20-14(19)18(4)8-7-13-17-11-9-10(16)5-6-12(11)21-13/h5-6,9H,7-8H2,1-4H3. The summed E-state index contributed by atoms with van der Waals surface area (Å²) >= 11 is 5.11. The van der Waals surface area contributed by atoms with Crippen molar-refractivity contribution >= 4 is 43.6 Å². The molecule has 0 N–H and O–H groups in total. The molecule has 0 aliphatic rings. The molecule has 0 aliphatic carbocycles. The van der Waals surface area contributed by atoms with E-state index < -0.39 is 5.60 Å². The molecule has 114 valence electrons. The van der Waals surface area contributed by atoms with Crippen LogP contribution in [0.25, 0.3) is 10.2 Å². The van der Waals surface area contributed by atoms with E-state index in [2.05, 4.69) is 27.0 Å². The maximum absolute atomic E-state index is 11.9. The maximum Gasteiger partial charge on any atom is 0.410 e. The van der Waals surface area contributed by atoms with E-state index in [4.69, 9.17) is 4.74 Å². The number of carbonyl (C=O) groups excluding carboxylic acids is 1. The molecule has 1 amide bonds. The lowest BCUT2D eigenvalue weighted by molar-refractivity contribution is 0.0301. The fourth-order valence-electron chi connectivity index (χ4n) is 1.75. The monoisotopic (exact) mass is 370 g/mol. The van der Waals surface area contributed by atoms with Crippen molar-refractivity contribution < 1.29 is 9.53 Å². The molecule has 1 aromatic carbocycles. The average molecular weight is 371 g/mol. The lowest BCUT2D eigenvalue weighted by atomic mass is 10.2. The van der Waals surface area contributed by atoms with Crippen LogP contribution in [-0.4, -0.2) is 35.2 Å². The first-order valence-corrected chi connectivity index (χ1v) is 8.34. The second-order valence-corrected chi connectivity index (χ2v) is 7.90. The Morgan fingerprint density at radius 3 is 2.81 bits per heavy atom. The van der Waals surface area contributed by atoms with E-state index in [0.29, 0.717) is 6.54 Å². The van der Waals surface area contributed by atoms with Gasteiger partial charge in [0.25, 0.3) is 0 Å². The van der Waals surface area contributed by atoms with Crippen molar-refractivity contribution in [3.8, 4) is 0 Å². The molecule has 6 heteroatoms. The van der Waals surface area contributed by atoms with Crippen molar-refractivity contribution in [2.45, 2.75) is 32.8 Å². The van der Waals surface area contributed by atoms with E-state index in [1.165, 1.54) is 0 Å². The minimum absolute atomic E-state index is 0.300. The van der Waals surface area contributed by atoms with Gasteiger partial charge >= 0.3 is 6.09 Å². The molecular weight excluding hydrogens is 352 g/mol. The second-order valence-electron chi connectivity index (χ2n) is 5.87. The van der Waals surface area contributed by atoms with Crippen LogP contribution in [0.15, 0.2) is 22.7 Å². The third-order valence-corrected chi connectivity index (χ3v) is 4.35. The molecule has 4 nitrogen and oxygen atoms in total. The first-order valence-electron chi connectivity index (χ1n) is 6.74. The summed E-state index contributed by atoms with van der Waals surface area (Å²) in [5.41, 5.74) is 0.525. The van der Waals surface area contributed by atoms with Gasteiger partial charge in [0.15, 0.2) is 0 Å². The topological polar surface area (TPSA) is 42.4 Å². The summed E-state index contributed by atoms with van der Waals surface area (Å²) < 4.78 is 7.51.